The van der Waals surface area contributed by atoms with Crippen molar-refractivity contribution in [3.63, 3.8) is 0 Å². The number of ether oxygens (including phenoxy) is 1. The molecule has 2 saturated carbocycles. The second-order valence-electron chi connectivity index (χ2n) is 11.7. The molecule has 6 nitrogen and oxygen atoms in total. The van der Waals surface area contributed by atoms with E-state index in [1.807, 2.05) is 12.1 Å². The Balaban J connectivity index is 1.51. The van der Waals surface area contributed by atoms with E-state index in [9.17, 15) is 15.0 Å². The number of hydrogen-bond donors (Lipinski definition) is 2. The van der Waals surface area contributed by atoms with Gasteiger partial charge in [0.05, 0.1) is 17.1 Å². The number of rotatable bonds is 4. The average molecular weight is 467 g/mol. The molecule has 1 saturated heterocycles. The van der Waals surface area contributed by atoms with Crippen LogP contribution in [0.4, 0.5) is 0 Å². The Bertz CT molecular complexity index is 1030. The number of phenols is 1. The molecule has 2 bridgehead atoms. The summed E-state index contributed by atoms with van der Waals surface area (Å²) in [6, 6.07) is 3.61. The predicted molar refractivity (Wildman–Crippen MR) is 130 cm³/mol. The first-order valence-electron chi connectivity index (χ1n) is 13.2. The maximum absolute atomic E-state index is 13.3. The van der Waals surface area contributed by atoms with Crippen LogP contribution in [-0.2, 0) is 16.6 Å². The van der Waals surface area contributed by atoms with Crippen molar-refractivity contribution in [2.24, 2.45) is 0 Å². The van der Waals surface area contributed by atoms with Gasteiger partial charge in [0.25, 0.3) is 0 Å². The van der Waals surface area contributed by atoms with E-state index in [0.29, 0.717) is 18.6 Å². The van der Waals surface area contributed by atoms with Crippen molar-refractivity contribution in [3.8, 4) is 11.5 Å². The number of carbonyl (C=O) groups is 1. The van der Waals surface area contributed by atoms with Gasteiger partial charge in [0.2, 0.25) is 5.91 Å². The van der Waals surface area contributed by atoms with Gasteiger partial charge in [-0.2, -0.15) is 0 Å². The molecule has 2 heterocycles. The zero-order valence-electron chi connectivity index (χ0n) is 20.6. The highest BCUT2D eigenvalue weighted by Crippen LogP contribution is 2.66. The Morgan fingerprint density at radius 2 is 2.03 bits per heavy atom. The van der Waals surface area contributed by atoms with Crippen molar-refractivity contribution >= 4 is 5.91 Å². The van der Waals surface area contributed by atoms with Gasteiger partial charge in [-0.25, -0.2) is 0 Å². The molecule has 1 aromatic carbocycles. The fourth-order valence-electron chi connectivity index (χ4n) is 8.82. The molecule has 0 unspecified atom stereocenters. The van der Waals surface area contributed by atoms with Gasteiger partial charge in [0.15, 0.2) is 11.5 Å². The second-order valence-corrected chi connectivity index (χ2v) is 11.7. The van der Waals surface area contributed by atoms with Crippen molar-refractivity contribution in [2.75, 3.05) is 13.1 Å². The number of amides is 1. The molecule has 3 aliphatic carbocycles. The number of piperidine rings is 1. The highest BCUT2D eigenvalue weighted by atomic mass is 16.5. The normalized spacial score (nSPS) is 37.4. The van der Waals surface area contributed by atoms with E-state index < -0.39 is 11.0 Å². The van der Waals surface area contributed by atoms with Crippen molar-refractivity contribution in [1.82, 2.24) is 9.80 Å². The van der Waals surface area contributed by atoms with Gasteiger partial charge in [-0.15, -0.1) is 6.58 Å². The first kappa shape index (κ1) is 22.4. The average Bonchev–Trinajstić information content (AvgIpc) is 3.15. The monoisotopic (exact) mass is 466 g/mol. The lowest BCUT2D eigenvalue weighted by atomic mass is 9.48. The van der Waals surface area contributed by atoms with Gasteiger partial charge in [-0.05, 0) is 63.6 Å². The molecule has 6 heteroatoms. The standard InChI is InChI=1S/C28H38N2O4/c1-4-15-29-16-14-27-23-19-8-9-21(32)24(23)34-25(27)20(10-13-28(27,33)22(29)17-19)30(18(2)31)26(3)11-6-5-7-12-26/h4,8-9,20,22,25,32-33H,1,5-7,10-17H2,2-3H3/t20-,22-,25+,27+,28-/m1/s1. The zero-order chi connectivity index (χ0) is 23.9. The van der Waals surface area contributed by atoms with Crippen LogP contribution in [0.2, 0.25) is 0 Å². The Morgan fingerprint density at radius 1 is 1.26 bits per heavy atom. The molecule has 34 heavy (non-hydrogen) atoms. The Labute approximate surface area is 202 Å². The van der Waals surface area contributed by atoms with Gasteiger partial charge >= 0.3 is 0 Å². The Hall–Kier alpha value is -2.05. The number of nitrogens with zero attached hydrogens (tertiary/aromatic N) is 2. The van der Waals surface area contributed by atoms with Gasteiger partial charge in [0.1, 0.15) is 6.10 Å². The molecular formula is C28H38N2O4. The maximum Gasteiger partial charge on any atom is 0.220 e. The molecular weight excluding hydrogens is 428 g/mol. The summed E-state index contributed by atoms with van der Waals surface area (Å²) in [6.07, 6.45) is 9.90. The second kappa shape index (κ2) is 7.47. The molecule has 5 aliphatic rings. The smallest absolute Gasteiger partial charge is 0.220 e. The summed E-state index contributed by atoms with van der Waals surface area (Å²) in [6.45, 7) is 9.48. The van der Waals surface area contributed by atoms with Crippen LogP contribution >= 0.6 is 0 Å². The number of likely N-dealkylation sites (tertiary alicyclic amines) is 1. The topological polar surface area (TPSA) is 73.2 Å². The lowest BCUT2D eigenvalue weighted by Crippen LogP contribution is -2.79. The van der Waals surface area contributed by atoms with E-state index in [2.05, 4.69) is 23.3 Å². The van der Waals surface area contributed by atoms with Gasteiger partial charge in [0, 0.05) is 30.6 Å². The summed E-state index contributed by atoms with van der Waals surface area (Å²) >= 11 is 0. The lowest BCUT2D eigenvalue weighted by Gasteiger charge is -2.65. The largest absolute Gasteiger partial charge is 0.504 e. The van der Waals surface area contributed by atoms with Crippen LogP contribution in [0.1, 0.15) is 76.3 Å². The predicted octanol–water partition coefficient (Wildman–Crippen LogP) is 3.67. The molecule has 1 aromatic rings. The molecule has 0 radical (unpaired) electrons. The van der Waals surface area contributed by atoms with Crippen LogP contribution in [0.15, 0.2) is 24.8 Å². The minimum Gasteiger partial charge on any atom is -0.504 e. The summed E-state index contributed by atoms with van der Waals surface area (Å²) in [4.78, 5) is 17.8. The van der Waals surface area contributed by atoms with E-state index in [1.54, 1.807) is 13.0 Å². The molecule has 5 atom stereocenters. The molecule has 1 spiro atoms. The van der Waals surface area contributed by atoms with Crippen LogP contribution in [-0.4, -0.2) is 68.3 Å². The van der Waals surface area contributed by atoms with Gasteiger partial charge in [-0.3, -0.25) is 9.69 Å². The maximum atomic E-state index is 13.3. The quantitative estimate of drug-likeness (QED) is 0.663. The highest BCUT2D eigenvalue weighted by Gasteiger charge is 2.73. The van der Waals surface area contributed by atoms with E-state index in [-0.39, 0.29) is 35.4 Å². The van der Waals surface area contributed by atoms with Crippen LogP contribution < -0.4 is 4.74 Å². The Kier molecular flexibility index (Phi) is 4.93. The third-order valence-corrected chi connectivity index (χ3v) is 10.1. The lowest BCUT2D eigenvalue weighted by molar-refractivity contribution is -0.206. The summed E-state index contributed by atoms with van der Waals surface area (Å²) in [5.74, 6) is 0.784. The van der Waals surface area contributed by atoms with Crippen molar-refractivity contribution < 1.29 is 19.7 Å². The van der Waals surface area contributed by atoms with Crippen LogP contribution in [0.5, 0.6) is 11.5 Å². The molecule has 2 N–H and O–H groups in total. The van der Waals surface area contributed by atoms with E-state index >= 15 is 0 Å². The first-order chi connectivity index (χ1) is 16.3. The van der Waals surface area contributed by atoms with Gasteiger partial charge in [-0.1, -0.05) is 31.4 Å². The fourth-order valence-corrected chi connectivity index (χ4v) is 8.82. The zero-order valence-corrected chi connectivity index (χ0v) is 20.6. The number of aliphatic hydroxyl groups is 1. The summed E-state index contributed by atoms with van der Waals surface area (Å²) in [7, 11) is 0. The van der Waals surface area contributed by atoms with Crippen LogP contribution in [0.3, 0.4) is 0 Å². The molecule has 6 rings (SSSR count). The third-order valence-electron chi connectivity index (χ3n) is 10.1. The summed E-state index contributed by atoms with van der Waals surface area (Å²) in [5.41, 5.74) is 0.409. The van der Waals surface area contributed by atoms with E-state index in [4.69, 9.17) is 4.74 Å². The third kappa shape index (κ3) is 2.67. The number of benzene rings is 1. The number of aromatic hydroxyl groups is 1. The fraction of sp³-hybridized carbons (Fsp3) is 0.679. The highest BCUT2D eigenvalue weighted by molar-refractivity contribution is 5.75. The van der Waals surface area contributed by atoms with E-state index in [0.717, 1.165) is 62.7 Å². The number of phenolic OH excluding ortho intramolecular Hbond substituents is 1. The molecule has 1 amide bonds. The van der Waals surface area contributed by atoms with Crippen molar-refractivity contribution in [3.05, 3.63) is 35.9 Å². The minimum absolute atomic E-state index is 0.0228. The van der Waals surface area contributed by atoms with Gasteiger partial charge < -0.3 is 19.8 Å². The van der Waals surface area contributed by atoms with Crippen molar-refractivity contribution in [1.29, 1.82) is 0 Å². The first-order valence-corrected chi connectivity index (χ1v) is 13.2. The molecule has 3 fully saturated rings. The number of carbonyl (C=O) groups excluding carboxylic acids is 1. The molecule has 184 valence electrons. The Morgan fingerprint density at radius 3 is 2.74 bits per heavy atom. The van der Waals surface area contributed by atoms with Crippen LogP contribution in [0, 0.1) is 0 Å². The number of hydrogen-bond acceptors (Lipinski definition) is 5. The van der Waals surface area contributed by atoms with Crippen LogP contribution in [0.25, 0.3) is 0 Å². The van der Waals surface area contributed by atoms with E-state index in [1.165, 1.54) is 6.42 Å². The summed E-state index contributed by atoms with van der Waals surface area (Å²) in [5, 5.41) is 23.4. The van der Waals surface area contributed by atoms with Crippen molar-refractivity contribution in [2.45, 2.75) is 106 Å². The SMILES string of the molecule is C=CCN1CC[C@]23c4c5ccc(O)c4O[C@H]2[C@H](N(C(C)=O)C2(C)CCCCC2)CC[C@@]3(O)[C@H]1C5. The molecule has 2 aliphatic heterocycles. The molecule has 0 aromatic heterocycles. The minimum atomic E-state index is -0.961. The summed E-state index contributed by atoms with van der Waals surface area (Å²) < 4.78 is 6.71.